The number of ether oxygens (including phenoxy) is 1. The fourth-order valence-corrected chi connectivity index (χ4v) is 5.09. The number of piperidine rings is 1. The summed E-state index contributed by atoms with van der Waals surface area (Å²) in [4.78, 5) is 12.6. The number of rotatable bonds is 5. The molecular formula is C21H34N4O. The van der Waals surface area contributed by atoms with Gasteiger partial charge < -0.3 is 4.74 Å². The number of nitrogens with zero attached hydrogens (tertiary/aromatic N) is 4. The lowest BCUT2D eigenvalue weighted by molar-refractivity contribution is -0.0310. The molecule has 1 aromatic heterocycles. The molecule has 5 heterocycles. The molecule has 5 nitrogen and oxygen atoms in total. The van der Waals surface area contributed by atoms with Crippen molar-refractivity contribution >= 4 is 0 Å². The quantitative estimate of drug-likeness (QED) is 0.805. The minimum absolute atomic E-state index is 0.222. The maximum absolute atomic E-state index is 5.56. The van der Waals surface area contributed by atoms with Gasteiger partial charge in [0.1, 0.15) is 0 Å². The highest BCUT2D eigenvalue weighted by atomic mass is 16.5. The van der Waals surface area contributed by atoms with E-state index >= 15 is 0 Å². The van der Waals surface area contributed by atoms with Gasteiger partial charge in [0, 0.05) is 63.6 Å². The van der Waals surface area contributed by atoms with Crippen LogP contribution in [0.15, 0.2) is 24.4 Å². The number of morpholine rings is 1. The summed E-state index contributed by atoms with van der Waals surface area (Å²) in [5.41, 5.74) is 1.43. The molecule has 144 valence electrons. The summed E-state index contributed by atoms with van der Waals surface area (Å²) in [6.45, 7) is 14.6. The largest absolute Gasteiger partial charge is 0.379 e. The summed E-state index contributed by atoms with van der Waals surface area (Å²) in [5.74, 6) is 0.804. The Morgan fingerprint density at radius 2 is 1.96 bits per heavy atom. The van der Waals surface area contributed by atoms with E-state index in [-0.39, 0.29) is 5.54 Å². The monoisotopic (exact) mass is 358 g/mol. The van der Waals surface area contributed by atoms with E-state index in [0.717, 1.165) is 38.8 Å². The zero-order valence-corrected chi connectivity index (χ0v) is 16.4. The molecular weight excluding hydrogens is 324 g/mol. The molecule has 4 fully saturated rings. The van der Waals surface area contributed by atoms with Gasteiger partial charge in [0.2, 0.25) is 0 Å². The van der Waals surface area contributed by atoms with Crippen molar-refractivity contribution in [3.63, 3.8) is 0 Å². The number of aromatic nitrogens is 1. The highest BCUT2D eigenvalue weighted by Crippen LogP contribution is 2.31. The molecule has 0 N–H and O–H groups in total. The Kier molecular flexibility index (Phi) is 5.60. The molecule has 0 amide bonds. The number of pyridine rings is 1. The standard InChI is InChI=1S/C21H34N4O/c1-21(2,25-9-11-26-12-10-25)17-24-14-18-6-7-20(24)16-23(13-18)15-19-5-3-4-8-22-19/h3-5,8,18,20H,6-7,9-17H2,1-2H3/t18-,20+/m0/s1. The average molecular weight is 359 g/mol. The maximum atomic E-state index is 5.56. The maximum Gasteiger partial charge on any atom is 0.0594 e. The van der Waals surface area contributed by atoms with Gasteiger partial charge in [-0.2, -0.15) is 0 Å². The molecule has 5 heteroatoms. The van der Waals surface area contributed by atoms with Gasteiger partial charge in [-0.15, -0.1) is 0 Å². The van der Waals surface area contributed by atoms with E-state index in [1.807, 2.05) is 12.3 Å². The van der Waals surface area contributed by atoms with E-state index in [9.17, 15) is 0 Å². The Balaban J connectivity index is 1.40. The van der Waals surface area contributed by atoms with E-state index in [4.69, 9.17) is 4.74 Å². The molecule has 2 atom stereocenters. The predicted octanol–water partition coefficient (Wildman–Crippen LogP) is 2.09. The van der Waals surface area contributed by atoms with Crippen molar-refractivity contribution in [3.05, 3.63) is 30.1 Å². The summed E-state index contributed by atoms with van der Waals surface area (Å²) >= 11 is 0. The van der Waals surface area contributed by atoms with Crippen molar-refractivity contribution < 1.29 is 4.74 Å². The zero-order valence-electron chi connectivity index (χ0n) is 16.4. The van der Waals surface area contributed by atoms with Crippen molar-refractivity contribution in [1.82, 2.24) is 19.7 Å². The second kappa shape index (κ2) is 7.93. The second-order valence-electron chi connectivity index (χ2n) is 8.95. The second-order valence-corrected chi connectivity index (χ2v) is 8.95. The van der Waals surface area contributed by atoms with E-state index in [2.05, 4.69) is 45.7 Å². The SMILES string of the molecule is CC(C)(CN1C[C@H]2CC[C@@H]1CN(Cc1ccccn1)C2)N1CCOCC1. The van der Waals surface area contributed by atoms with Crippen LogP contribution < -0.4 is 0 Å². The molecule has 4 aliphatic heterocycles. The molecule has 2 bridgehead atoms. The lowest BCUT2D eigenvalue weighted by Crippen LogP contribution is -2.58. The average Bonchev–Trinajstić information content (AvgIpc) is 2.93. The van der Waals surface area contributed by atoms with Gasteiger partial charge in [-0.25, -0.2) is 0 Å². The highest BCUT2D eigenvalue weighted by molar-refractivity contribution is 5.04. The summed E-state index contributed by atoms with van der Waals surface area (Å²) in [6.07, 6.45) is 4.65. The molecule has 0 radical (unpaired) electrons. The van der Waals surface area contributed by atoms with Crippen molar-refractivity contribution in [2.24, 2.45) is 5.92 Å². The van der Waals surface area contributed by atoms with Crippen LogP contribution in [0.25, 0.3) is 0 Å². The minimum atomic E-state index is 0.222. The van der Waals surface area contributed by atoms with Crippen LogP contribution in [0.5, 0.6) is 0 Å². The van der Waals surface area contributed by atoms with Crippen molar-refractivity contribution in [3.8, 4) is 0 Å². The molecule has 0 unspecified atom stereocenters. The molecule has 4 aliphatic rings. The van der Waals surface area contributed by atoms with E-state index in [1.165, 1.54) is 44.7 Å². The normalized spacial score (nSPS) is 29.0. The molecule has 26 heavy (non-hydrogen) atoms. The van der Waals surface area contributed by atoms with Gasteiger partial charge in [0.05, 0.1) is 18.9 Å². The van der Waals surface area contributed by atoms with E-state index in [1.54, 1.807) is 0 Å². The first kappa shape index (κ1) is 18.4. The summed E-state index contributed by atoms with van der Waals surface area (Å²) in [7, 11) is 0. The van der Waals surface area contributed by atoms with Crippen molar-refractivity contribution in [1.29, 1.82) is 0 Å². The fraction of sp³-hybridized carbons (Fsp3) is 0.762. The highest BCUT2D eigenvalue weighted by Gasteiger charge is 2.39. The Morgan fingerprint density at radius 3 is 2.73 bits per heavy atom. The van der Waals surface area contributed by atoms with Gasteiger partial charge >= 0.3 is 0 Å². The van der Waals surface area contributed by atoms with E-state index < -0.39 is 0 Å². The van der Waals surface area contributed by atoms with Gasteiger partial charge in [-0.1, -0.05) is 6.07 Å². The van der Waals surface area contributed by atoms with Gasteiger partial charge in [-0.3, -0.25) is 19.7 Å². The Labute approximate surface area is 158 Å². The lowest BCUT2D eigenvalue weighted by atomic mass is 9.92. The predicted molar refractivity (Wildman–Crippen MR) is 104 cm³/mol. The fourth-order valence-electron chi connectivity index (χ4n) is 5.09. The molecule has 0 aromatic carbocycles. The number of fused-ring (bicyclic) bond motifs is 4. The molecule has 0 spiro atoms. The minimum Gasteiger partial charge on any atom is -0.379 e. The van der Waals surface area contributed by atoms with Crippen LogP contribution in [0, 0.1) is 5.92 Å². The first-order valence-corrected chi connectivity index (χ1v) is 10.3. The van der Waals surface area contributed by atoms with Crippen LogP contribution in [0.1, 0.15) is 32.4 Å². The Bertz CT molecular complexity index is 573. The zero-order chi connectivity index (χ0) is 18.0. The first-order valence-electron chi connectivity index (χ1n) is 10.3. The molecule has 0 aliphatic carbocycles. The van der Waals surface area contributed by atoms with Crippen LogP contribution >= 0.6 is 0 Å². The number of hydrogen-bond donors (Lipinski definition) is 0. The van der Waals surface area contributed by atoms with Gasteiger partial charge in [0.15, 0.2) is 0 Å². The Morgan fingerprint density at radius 1 is 1.12 bits per heavy atom. The van der Waals surface area contributed by atoms with E-state index in [0.29, 0.717) is 6.04 Å². The lowest BCUT2D eigenvalue weighted by Gasteiger charge is -2.46. The van der Waals surface area contributed by atoms with Crippen LogP contribution in [0.4, 0.5) is 0 Å². The van der Waals surface area contributed by atoms with Crippen LogP contribution in [0.3, 0.4) is 0 Å². The third-order valence-corrected chi connectivity index (χ3v) is 6.47. The Hall–Kier alpha value is -1.01. The molecule has 0 saturated carbocycles. The first-order chi connectivity index (χ1) is 12.6. The van der Waals surface area contributed by atoms with Crippen molar-refractivity contribution in [2.75, 3.05) is 52.5 Å². The van der Waals surface area contributed by atoms with Crippen molar-refractivity contribution in [2.45, 2.75) is 44.8 Å². The summed E-state index contributed by atoms with van der Waals surface area (Å²) in [5, 5.41) is 0. The summed E-state index contributed by atoms with van der Waals surface area (Å²) in [6, 6.07) is 6.96. The molecule has 5 rings (SSSR count). The molecule has 1 aromatic rings. The van der Waals surface area contributed by atoms with Crippen LogP contribution in [-0.2, 0) is 11.3 Å². The third kappa shape index (κ3) is 4.28. The van der Waals surface area contributed by atoms with Crippen LogP contribution in [0.2, 0.25) is 0 Å². The topological polar surface area (TPSA) is 31.8 Å². The van der Waals surface area contributed by atoms with Crippen LogP contribution in [-0.4, -0.2) is 83.7 Å². The third-order valence-electron chi connectivity index (χ3n) is 6.47. The smallest absolute Gasteiger partial charge is 0.0594 e. The van der Waals surface area contributed by atoms with Gasteiger partial charge in [-0.05, 0) is 44.7 Å². The number of hydrogen-bond acceptors (Lipinski definition) is 5. The van der Waals surface area contributed by atoms with Gasteiger partial charge in [0.25, 0.3) is 0 Å². The summed E-state index contributed by atoms with van der Waals surface area (Å²) < 4.78 is 5.56. The molecule has 4 saturated heterocycles.